The van der Waals surface area contributed by atoms with Gasteiger partial charge >= 0.3 is 0 Å². The third kappa shape index (κ3) is 6.26. The van der Waals surface area contributed by atoms with Gasteiger partial charge in [-0.3, -0.25) is 14.2 Å². The smallest absolute Gasteiger partial charge is 0.250 e. The van der Waals surface area contributed by atoms with Crippen molar-refractivity contribution in [2.45, 2.75) is 44.5 Å². The van der Waals surface area contributed by atoms with Crippen LogP contribution >= 0.6 is 11.8 Å². The van der Waals surface area contributed by atoms with Crippen LogP contribution in [0.3, 0.4) is 0 Å². The molecule has 1 aromatic heterocycles. The lowest BCUT2D eigenvalue weighted by Crippen LogP contribution is -2.19. The number of benzene rings is 2. The maximum Gasteiger partial charge on any atom is 0.250 e. The number of primary amides is 1. The van der Waals surface area contributed by atoms with Crippen LogP contribution in [0.4, 0.5) is 5.69 Å². The molecule has 9 heteroatoms. The third-order valence-electron chi connectivity index (χ3n) is 5.08. The van der Waals surface area contributed by atoms with Crippen LogP contribution in [0.5, 0.6) is 5.75 Å². The van der Waals surface area contributed by atoms with Gasteiger partial charge in [-0.25, -0.2) is 0 Å². The molecule has 0 aliphatic heterocycles. The molecule has 0 aliphatic carbocycles. The molecule has 2 amide bonds. The minimum absolute atomic E-state index is 0.0777. The predicted molar refractivity (Wildman–Crippen MR) is 134 cm³/mol. The lowest BCUT2D eigenvalue weighted by molar-refractivity contribution is -0.113. The summed E-state index contributed by atoms with van der Waals surface area (Å²) in [6, 6.07) is 14.6. The minimum atomic E-state index is -0.605. The van der Waals surface area contributed by atoms with Crippen molar-refractivity contribution in [1.82, 2.24) is 14.8 Å². The molecule has 1 unspecified atom stereocenters. The fourth-order valence-electron chi connectivity index (χ4n) is 3.32. The van der Waals surface area contributed by atoms with Gasteiger partial charge in [-0.2, -0.15) is 0 Å². The second-order valence-corrected chi connectivity index (χ2v) is 8.91. The second-order valence-electron chi connectivity index (χ2n) is 7.97. The molecule has 1 heterocycles. The molecule has 8 nitrogen and oxygen atoms in total. The number of amides is 2. The van der Waals surface area contributed by atoms with E-state index in [1.165, 1.54) is 17.3 Å². The van der Waals surface area contributed by atoms with Crippen LogP contribution in [0.1, 0.15) is 54.5 Å². The van der Waals surface area contributed by atoms with Gasteiger partial charge in [0.05, 0.1) is 17.0 Å². The van der Waals surface area contributed by atoms with Gasteiger partial charge in [0.1, 0.15) is 5.75 Å². The Labute approximate surface area is 203 Å². The number of nitrogens with zero attached hydrogens (tertiary/aromatic N) is 3. The molecule has 3 aromatic rings. The number of hydrogen-bond acceptors (Lipinski definition) is 6. The number of aromatic nitrogens is 3. The van der Waals surface area contributed by atoms with Crippen molar-refractivity contribution in [3.63, 3.8) is 0 Å². The normalized spacial score (nSPS) is 11.8. The van der Waals surface area contributed by atoms with E-state index in [1.54, 1.807) is 30.3 Å². The van der Waals surface area contributed by atoms with E-state index < -0.39 is 5.91 Å². The summed E-state index contributed by atoms with van der Waals surface area (Å²) in [5.74, 6) is 1.01. The van der Waals surface area contributed by atoms with Gasteiger partial charge in [0, 0.05) is 6.54 Å². The number of rotatable bonds is 11. The monoisotopic (exact) mass is 479 g/mol. The summed E-state index contributed by atoms with van der Waals surface area (Å²) in [4.78, 5) is 24.1. The lowest BCUT2D eigenvalue weighted by atomic mass is 10.0. The predicted octanol–water partition coefficient (Wildman–Crippen LogP) is 4.56. The highest BCUT2D eigenvalue weighted by Gasteiger charge is 2.20. The zero-order chi connectivity index (χ0) is 24.7. The van der Waals surface area contributed by atoms with E-state index >= 15 is 0 Å². The fourth-order valence-corrected chi connectivity index (χ4v) is 4.07. The molecular weight excluding hydrogens is 450 g/mol. The Balaban J connectivity index is 1.68. The van der Waals surface area contributed by atoms with Crippen molar-refractivity contribution >= 4 is 29.3 Å². The maximum atomic E-state index is 12.5. The molecule has 0 radical (unpaired) electrons. The van der Waals surface area contributed by atoms with Gasteiger partial charge in [0.2, 0.25) is 5.91 Å². The first-order valence-electron chi connectivity index (χ1n) is 10.9. The molecule has 178 valence electrons. The molecule has 0 aliphatic rings. The largest absolute Gasteiger partial charge is 0.483 e. The van der Waals surface area contributed by atoms with E-state index in [0.717, 1.165) is 5.75 Å². The summed E-state index contributed by atoms with van der Waals surface area (Å²) in [5, 5.41) is 11.8. The Morgan fingerprint density at radius 3 is 2.50 bits per heavy atom. The van der Waals surface area contributed by atoms with Crippen LogP contribution in [0.25, 0.3) is 0 Å². The van der Waals surface area contributed by atoms with E-state index in [1.807, 2.05) is 23.6 Å². The van der Waals surface area contributed by atoms with Crippen LogP contribution in [-0.4, -0.2) is 32.3 Å². The SMILES string of the molecule is C=CCn1c(SCC(=O)Nc2ccccc2C(N)=O)nnc1C(C)Oc1ccc(C(C)C)cc1. The average Bonchev–Trinajstić information content (AvgIpc) is 3.21. The first-order valence-corrected chi connectivity index (χ1v) is 11.9. The number of anilines is 1. The van der Waals surface area contributed by atoms with E-state index in [9.17, 15) is 9.59 Å². The van der Waals surface area contributed by atoms with Crippen LogP contribution in [-0.2, 0) is 11.3 Å². The van der Waals surface area contributed by atoms with Gasteiger partial charge in [-0.1, -0.05) is 56.0 Å². The molecule has 3 rings (SSSR count). The summed E-state index contributed by atoms with van der Waals surface area (Å²) >= 11 is 1.24. The van der Waals surface area contributed by atoms with Crippen LogP contribution in [0, 0.1) is 0 Å². The topological polar surface area (TPSA) is 112 Å². The molecule has 34 heavy (non-hydrogen) atoms. The summed E-state index contributed by atoms with van der Waals surface area (Å²) < 4.78 is 7.96. The molecule has 0 saturated carbocycles. The van der Waals surface area contributed by atoms with Crippen LogP contribution in [0.15, 0.2) is 66.3 Å². The molecule has 0 saturated heterocycles. The Kier molecular flexibility index (Phi) is 8.48. The van der Waals surface area contributed by atoms with Crippen molar-refractivity contribution < 1.29 is 14.3 Å². The molecule has 3 N–H and O–H groups in total. The quantitative estimate of drug-likeness (QED) is 0.308. The number of nitrogens with one attached hydrogen (secondary N) is 1. The Hall–Kier alpha value is -3.59. The minimum Gasteiger partial charge on any atom is -0.483 e. The first kappa shape index (κ1) is 25.0. The molecule has 2 aromatic carbocycles. The lowest BCUT2D eigenvalue weighted by Gasteiger charge is -2.16. The van der Waals surface area contributed by atoms with Crippen molar-refractivity contribution in [3.8, 4) is 5.75 Å². The molecular formula is C25H29N5O3S. The first-order chi connectivity index (χ1) is 16.3. The van der Waals surface area contributed by atoms with Gasteiger partial charge in [0.15, 0.2) is 17.1 Å². The average molecular weight is 480 g/mol. The molecule has 0 bridgehead atoms. The highest BCUT2D eigenvalue weighted by molar-refractivity contribution is 7.99. The number of carbonyl (C=O) groups is 2. The summed E-state index contributed by atoms with van der Waals surface area (Å²) in [6.07, 6.45) is 1.38. The maximum absolute atomic E-state index is 12.5. The number of para-hydroxylation sites is 1. The fraction of sp³-hybridized carbons (Fsp3) is 0.280. The molecule has 1 atom stereocenters. The van der Waals surface area contributed by atoms with Crippen LogP contribution in [0.2, 0.25) is 0 Å². The van der Waals surface area contributed by atoms with E-state index in [2.05, 4.69) is 48.1 Å². The van der Waals surface area contributed by atoms with Gasteiger partial charge in [-0.15, -0.1) is 16.8 Å². The van der Waals surface area contributed by atoms with Crippen LogP contribution < -0.4 is 15.8 Å². The zero-order valence-corrected chi connectivity index (χ0v) is 20.3. The van der Waals surface area contributed by atoms with E-state index in [-0.39, 0.29) is 23.3 Å². The van der Waals surface area contributed by atoms with Crippen molar-refractivity contribution in [2.75, 3.05) is 11.1 Å². The summed E-state index contributed by atoms with van der Waals surface area (Å²) in [6.45, 7) is 10.5. The third-order valence-corrected chi connectivity index (χ3v) is 6.05. The second kappa shape index (κ2) is 11.5. The zero-order valence-electron chi connectivity index (χ0n) is 19.5. The Bertz CT molecular complexity index is 1160. The van der Waals surface area contributed by atoms with Crippen molar-refractivity contribution in [1.29, 1.82) is 0 Å². The highest BCUT2D eigenvalue weighted by atomic mass is 32.2. The standard InChI is InChI=1S/C25H29N5O3S/c1-5-14-30-24(17(4)33-19-12-10-18(11-13-19)16(2)3)28-29-25(30)34-15-22(31)27-21-9-7-6-8-20(21)23(26)32/h5-13,16-17H,1,14-15H2,2-4H3,(H2,26,32)(H,27,31). The van der Waals surface area contributed by atoms with Crippen molar-refractivity contribution in [3.05, 3.63) is 78.1 Å². The number of allylic oxidation sites excluding steroid dienone is 1. The Morgan fingerprint density at radius 2 is 1.85 bits per heavy atom. The highest BCUT2D eigenvalue weighted by Crippen LogP contribution is 2.26. The summed E-state index contributed by atoms with van der Waals surface area (Å²) in [7, 11) is 0. The van der Waals surface area contributed by atoms with Crippen molar-refractivity contribution in [2.24, 2.45) is 5.73 Å². The van der Waals surface area contributed by atoms with E-state index in [0.29, 0.717) is 29.1 Å². The molecule has 0 fully saturated rings. The van der Waals surface area contributed by atoms with E-state index in [4.69, 9.17) is 10.5 Å². The number of thioether (sulfide) groups is 1. The number of nitrogens with two attached hydrogens (primary N) is 1. The Morgan fingerprint density at radius 1 is 1.15 bits per heavy atom. The summed E-state index contributed by atoms with van der Waals surface area (Å²) in [5.41, 5.74) is 7.25. The molecule has 0 spiro atoms. The van der Waals surface area contributed by atoms with Gasteiger partial charge < -0.3 is 15.8 Å². The number of hydrogen-bond donors (Lipinski definition) is 2. The van der Waals surface area contributed by atoms with Gasteiger partial charge in [-0.05, 0) is 42.7 Å². The van der Waals surface area contributed by atoms with Gasteiger partial charge in [0.25, 0.3) is 5.91 Å². The number of carbonyl (C=O) groups excluding carboxylic acids is 2. The number of ether oxygens (including phenoxy) is 1.